The van der Waals surface area contributed by atoms with E-state index in [0.29, 0.717) is 6.54 Å². The van der Waals surface area contributed by atoms with Crippen molar-refractivity contribution in [2.75, 3.05) is 6.54 Å². The van der Waals surface area contributed by atoms with E-state index in [-0.39, 0.29) is 5.92 Å². The molecule has 2 aromatic rings. The van der Waals surface area contributed by atoms with Crippen molar-refractivity contribution >= 4 is 15.9 Å². The highest BCUT2D eigenvalue weighted by Crippen LogP contribution is 2.32. The van der Waals surface area contributed by atoms with Crippen LogP contribution in [0.5, 0.6) is 0 Å². The highest BCUT2D eigenvalue weighted by atomic mass is 79.9. The molecular weight excluding hydrogens is 304 g/mol. The van der Waals surface area contributed by atoms with Crippen LogP contribution in [0.25, 0.3) is 0 Å². The molecule has 2 atom stereocenters. The third-order valence-corrected chi connectivity index (χ3v) is 3.76. The van der Waals surface area contributed by atoms with Gasteiger partial charge in [0.05, 0.1) is 6.10 Å². The summed E-state index contributed by atoms with van der Waals surface area (Å²) in [6.45, 7) is 2.33. The molecule has 1 aromatic carbocycles. The zero-order valence-corrected chi connectivity index (χ0v) is 12.3. The van der Waals surface area contributed by atoms with Crippen LogP contribution in [-0.2, 0) is 0 Å². The third-order valence-electron chi connectivity index (χ3n) is 3.26. The molecule has 0 bridgehead atoms. The van der Waals surface area contributed by atoms with Crippen LogP contribution < -0.4 is 5.73 Å². The van der Waals surface area contributed by atoms with Crippen LogP contribution in [0.4, 0.5) is 0 Å². The molecule has 0 saturated heterocycles. The Morgan fingerprint density at radius 1 is 1.32 bits per heavy atom. The second kappa shape index (κ2) is 6.28. The van der Waals surface area contributed by atoms with Crippen LogP contribution in [0.3, 0.4) is 0 Å². The fourth-order valence-corrected chi connectivity index (χ4v) is 2.53. The van der Waals surface area contributed by atoms with Gasteiger partial charge in [0.2, 0.25) is 0 Å². The van der Waals surface area contributed by atoms with E-state index < -0.39 is 6.10 Å². The van der Waals surface area contributed by atoms with E-state index in [1.165, 1.54) is 0 Å². The Hall–Kier alpha value is -1.23. The summed E-state index contributed by atoms with van der Waals surface area (Å²) in [5.74, 6) is -0.200. The lowest BCUT2D eigenvalue weighted by molar-refractivity contribution is 0.145. The summed E-state index contributed by atoms with van der Waals surface area (Å²) >= 11 is 3.43. The molecule has 19 heavy (non-hydrogen) atoms. The molecule has 100 valence electrons. The fourth-order valence-electron chi connectivity index (χ4n) is 2.15. The Kier molecular flexibility index (Phi) is 4.69. The normalized spacial score (nSPS) is 14.1. The number of hydrogen-bond acceptors (Lipinski definition) is 3. The molecule has 0 spiro atoms. The number of rotatable bonds is 4. The van der Waals surface area contributed by atoms with E-state index in [4.69, 9.17) is 5.73 Å². The van der Waals surface area contributed by atoms with Gasteiger partial charge in [-0.05, 0) is 42.3 Å². The van der Waals surface area contributed by atoms with Gasteiger partial charge in [-0.1, -0.05) is 28.1 Å². The number of benzene rings is 1. The molecule has 0 aliphatic heterocycles. The highest BCUT2D eigenvalue weighted by Gasteiger charge is 2.23. The van der Waals surface area contributed by atoms with E-state index in [1.54, 1.807) is 6.20 Å². The monoisotopic (exact) mass is 320 g/mol. The SMILES string of the molecule is Cc1ccc(Br)cc1C(O)C(CN)c1ccccn1. The molecule has 4 heteroatoms. The second-order valence-electron chi connectivity index (χ2n) is 4.54. The van der Waals surface area contributed by atoms with E-state index in [1.807, 2.05) is 43.3 Å². The summed E-state index contributed by atoms with van der Waals surface area (Å²) in [4.78, 5) is 4.30. The smallest absolute Gasteiger partial charge is 0.0888 e. The van der Waals surface area contributed by atoms with Gasteiger partial charge in [-0.3, -0.25) is 4.98 Å². The summed E-state index contributed by atoms with van der Waals surface area (Å²) in [5.41, 5.74) is 8.57. The van der Waals surface area contributed by atoms with Crippen LogP contribution in [-0.4, -0.2) is 16.6 Å². The van der Waals surface area contributed by atoms with Gasteiger partial charge < -0.3 is 10.8 Å². The molecule has 0 aliphatic rings. The summed E-state index contributed by atoms with van der Waals surface area (Å²) in [7, 11) is 0. The number of aliphatic hydroxyl groups excluding tert-OH is 1. The van der Waals surface area contributed by atoms with Crippen molar-refractivity contribution in [1.82, 2.24) is 4.98 Å². The number of pyridine rings is 1. The number of aliphatic hydroxyl groups is 1. The minimum absolute atomic E-state index is 0.200. The van der Waals surface area contributed by atoms with Gasteiger partial charge in [-0.2, -0.15) is 0 Å². The standard InChI is InChI=1S/C15H17BrN2O/c1-10-5-6-11(16)8-12(10)15(19)13(9-17)14-4-2-3-7-18-14/h2-8,13,15,19H,9,17H2,1H3. The predicted molar refractivity (Wildman–Crippen MR) is 79.9 cm³/mol. The maximum Gasteiger partial charge on any atom is 0.0888 e. The molecule has 3 nitrogen and oxygen atoms in total. The van der Waals surface area contributed by atoms with E-state index in [9.17, 15) is 5.11 Å². The van der Waals surface area contributed by atoms with Crippen molar-refractivity contribution in [3.05, 3.63) is 63.9 Å². The van der Waals surface area contributed by atoms with Gasteiger partial charge in [0.1, 0.15) is 0 Å². The molecule has 3 N–H and O–H groups in total. The van der Waals surface area contributed by atoms with Gasteiger partial charge in [0, 0.05) is 28.8 Å². The minimum Gasteiger partial charge on any atom is -0.388 e. The van der Waals surface area contributed by atoms with Crippen molar-refractivity contribution in [1.29, 1.82) is 0 Å². The fraction of sp³-hybridized carbons (Fsp3) is 0.267. The lowest BCUT2D eigenvalue weighted by Gasteiger charge is -2.23. The zero-order valence-electron chi connectivity index (χ0n) is 10.8. The Balaban J connectivity index is 2.36. The molecule has 0 amide bonds. The topological polar surface area (TPSA) is 59.1 Å². The Labute approximate surface area is 121 Å². The van der Waals surface area contributed by atoms with Crippen molar-refractivity contribution in [2.45, 2.75) is 18.9 Å². The van der Waals surface area contributed by atoms with Gasteiger partial charge in [0.15, 0.2) is 0 Å². The minimum atomic E-state index is -0.655. The second-order valence-corrected chi connectivity index (χ2v) is 5.46. The van der Waals surface area contributed by atoms with Crippen molar-refractivity contribution in [2.24, 2.45) is 5.73 Å². The molecular formula is C15H17BrN2O. The van der Waals surface area contributed by atoms with Crippen molar-refractivity contribution < 1.29 is 5.11 Å². The lowest BCUT2D eigenvalue weighted by Crippen LogP contribution is -2.21. The number of aryl methyl sites for hydroxylation is 1. The molecule has 0 saturated carbocycles. The third kappa shape index (κ3) is 3.21. The lowest BCUT2D eigenvalue weighted by atomic mass is 9.90. The molecule has 2 rings (SSSR count). The first-order valence-electron chi connectivity index (χ1n) is 6.18. The van der Waals surface area contributed by atoms with E-state index >= 15 is 0 Å². The molecule has 0 aliphatic carbocycles. The average Bonchev–Trinajstić information content (AvgIpc) is 2.43. The highest BCUT2D eigenvalue weighted by molar-refractivity contribution is 9.10. The number of halogens is 1. The summed E-state index contributed by atoms with van der Waals surface area (Å²) < 4.78 is 0.948. The number of nitrogens with two attached hydrogens (primary N) is 1. The van der Waals surface area contributed by atoms with Crippen LogP contribution in [0, 0.1) is 6.92 Å². The molecule has 1 heterocycles. The first kappa shape index (κ1) is 14.2. The van der Waals surface area contributed by atoms with Gasteiger partial charge >= 0.3 is 0 Å². The quantitative estimate of drug-likeness (QED) is 0.910. The Bertz CT molecular complexity index is 545. The molecule has 1 aromatic heterocycles. The number of hydrogen-bond donors (Lipinski definition) is 2. The maximum atomic E-state index is 10.6. The van der Waals surface area contributed by atoms with Crippen LogP contribution >= 0.6 is 15.9 Å². The number of aromatic nitrogens is 1. The van der Waals surface area contributed by atoms with E-state index in [2.05, 4.69) is 20.9 Å². The van der Waals surface area contributed by atoms with E-state index in [0.717, 1.165) is 21.3 Å². The van der Waals surface area contributed by atoms with Crippen molar-refractivity contribution in [3.63, 3.8) is 0 Å². The van der Waals surface area contributed by atoms with Crippen LogP contribution in [0.2, 0.25) is 0 Å². The van der Waals surface area contributed by atoms with Gasteiger partial charge in [-0.15, -0.1) is 0 Å². The first-order valence-corrected chi connectivity index (χ1v) is 6.98. The molecule has 0 fully saturated rings. The molecule has 2 unspecified atom stereocenters. The van der Waals surface area contributed by atoms with Crippen LogP contribution in [0.1, 0.15) is 28.8 Å². The Morgan fingerprint density at radius 2 is 2.11 bits per heavy atom. The summed E-state index contributed by atoms with van der Waals surface area (Å²) in [6.07, 6.45) is 1.07. The largest absolute Gasteiger partial charge is 0.388 e. The zero-order chi connectivity index (χ0) is 13.8. The van der Waals surface area contributed by atoms with Crippen molar-refractivity contribution in [3.8, 4) is 0 Å². The first-order chi connectivity index (χ1) is 9.13. The summed E-state index contributed by atoms with van der Waals surface area (Å²) in [5, 5.41) is 10.6. The maximum absolute atomic E-state index is 10.6. The van der Waals surface area contributed by atoms with Crippen LogP contribution in [0.15, 0.2) is 47.1 Å². The average molecular weight is 321 g/mol. The van der Waals surface area contributed by atoms with Gasteiger partial charge in [-0.25, -0.2) is 0 Å². The Morgan fingerprint density at radius 3 is 2.74 bits per heavy atom. The van der Waals surface area contributed by atoms with Gasteiger partial charge in [0.25, 0.3) is 0 Å². The molecule has 0 radical (unpaired) electrons. The number of nitrogens with zero attached hydrogens (tertiary/aromatic N) is 1. The predicted octanol–water partition coefficient (Wildman–Crippen LogP) is 2.93. The summed E-state index contributed by atoms with van der Waals surface area (Å²) in [6, 6.07) is 11.5.